The maximum atomic E-state index is 12.2. The number of sulfonamides is 1. The Hall–Kier alpha value is -2.75. The van der Waals surface area contributed by atoms with Crippen molar-refractivity contribution in [2.24, 2.45) is 0 Å². The summed E-state index contributed by atoms with van der Waals surface area (Å²) in [6.07, 6.45) is 0.0451. The summed E-state index contributed by atoms with van der Waals surface area (Å²) in [6, 6.07) is 13.1. The van der Waals surface area contributed by atoms with Crippen molar-refractivity contribution in [2.75, 3.05) is 19.5 Å². The number of rotatable bonds is 6. The topological polar surface area (TPSA) is 102 Å². The second kappa shape index (κ2) is 7.24. The number of hydrogen-bond donors (Lipinski definition) is 1. The van der Waals surface area contributed by atoms with Gasteiger partial charge in [0.1, 0.15) is 5.69 Å². The lowest BCUT2D eigenvalue weighted by Crippen LogP contribution is -2.25. The molecule has 26 heavy (non-hydrogen) atoms. The van der Waals surface area contributed by atoms with Crippen molar-refractivity contribution in [3.63, 3.8) is 0 Å². The number of carbonyl (C=O) groups excluding carboxylic acids is 1. The summed E-state index contributed by atoms with van der Waals surface area (Å²) in [5.74, 6) is -0.284. The van der Waals surface area contributed by atoms with Crippen LogP contribution in [0.3, 0.4) is 0 Å². The first-order valence-corrected chi connectivity index (χ1v) is 9.12. The van der Waals surface area contributed by atoms with Crippen LogP contribution in [0.2, 0.25) is 0 Å². The number of hydrogen-bond acceptors (Lipinski definition) is 6. The van der Waals surface area contributed by atoms with Gasteiger partial charge in [0.05, 0.1) is 18.4 Å². The molecule has 2 aromatic carbocycles. The molecule has 1 N–H and O–H groups in total. The van der Waals surface area contributed by atoms with Gasteiger partial charge >= 0.3 is 0 Å². The summed E-state index contributed by atoms with van der Waals surface area (Å²) in [6.45, 7) is 0. The Morgan fingerprint density at radius 1 is 1.19 bits per heavy atom. The van der Waals surface area contributed by atoms with E-state index in [0.29, 0.717) is 17.0 Å². The summed E-state index contributed by atoms with van der Waals surface area (Å²) in [5, 5.41) is 7.41. The van der Waals surface area contributed by atoms with Gasteiger partial charge in [0.25, 0.3) is 10.0 Å². The Morgan fingerprint density at radius 3 is 2.58 bits per heavy atom. The summed E-state index contributed by atoms with van der Waals surface area (Å²) in [4.78, 5) is 17.0. The smallest absolute Gasteiger partial charge is 0.264 e. The van der Waals surface area contributed by atoms with E-state index in [1.165, 1.54) is 38.4 Å². The molecule has 136 valence electrons. The van der Waals surface area contributed by atoms with E-state index in [1.807, 2.05) is 18.2 Å². The Balaban J connectivity index is 1.70. The van der Waals surface area contributed by atoms with Crippen LogP contribution in [-0.2, 0) is 26.1 Å². The Bertz CT molecular complexity index is 1030. The van der Waals surface area contributed by atoms with Crippen LogP contribution in [0, 0.1) is 0 Å². The highest BCUT2D eigenvalue weighted by molar-refractivity contribution is 7.89. The number of carbonyl (C=O) groups is 1. The summed E-state index contributed by atoms with van der Waals surface area (Å²) < 4.78 is 30.2. The Labute approximate surface area is 150 Å². The normalized spacial score (nSPS) is 11.8. The molecule has 1 heterocycles. The molecule has 0 spiro atoms. The minimum atomic E-state index is -3.72. The summed E-state index contributed by atoms with van der Waals surface area (Å²) in [5.41, 5.74) is 1.63. The molecule has 0 saturated carbocycles. The first-order chi connectivity index (χ1) is 12.4. The molecule has 0 bridgehead atoms. The third kappa shape index (κ3) is 3.59. The van der Waals surface area contributed by atoms with E-state index in [0.717, 1.165) is 9.85 Å². The van der Waals surface area contributed by atoms with Gasteiger partial charge in [0.2, 0.25) is 5.91 Å². The highest BCUT2D eigenvalue weighted by Crippen LogP contribution is 2.20. The van der Waals surface area contributed by atoms with Gasteiger partial charge in [-0.2, -0.15) is 0 Å². The maximum absolute atomic E-state index is 12.2. The van der Waals surface area contributed by atoms with Gasteiger partial charge in [-0.15, -0.1) is 0 Å². The highest BCUT2D eigenvalue weighted by atomic mass is 32.2. The average Bonchev–Trinajstić information content (AvgIpc) is 3.04. The molecular formula is C17H17N3O5S. The predicted octanol–water partition coefficient (Wildman–Crippen LogP) is 2.19. The Morgan fingerprint density at radius 2 is 1.88 bits per heavy atom. The lowest BCUT2D eigenvalue weighted by molar-refractivity contribution is -0.115. The maximum Gasteiger partial charge on any atom is 0.264 e. The van der Waals surface area contributed by atoms with Gasteiger partial charge in [0.15, 0.2) is 5.58 Å². The summed E-state index contributed by atoms with van der Waals surface area (Å²) >= 11 is 0. The number of benzene rings is 2. The van der Waals surface area contributed by atoms with Crippen molar-refractivity contribution in [3.05, 3.63) is 54.2 Å². The van der Waals surface area contributed by atoms with Crippen molar-refractivity contribution < 1.29 is 22.6 Å². The number of aromatic nitrogens is 1. The van der Waals surface area contributed by atoms with Crippen molar-refractivity contribution in [2.45, 2.75) is 11.3 Å². The van der Waals surface area contributed by atoms with E-state index >= 15 is 0 Å². The average molecular weight is 375 g/mol. The second-order valence-corrected chi connectivity index (χ2v) is 7.41. The van der Waals surface area contributed by atoms with Crippen LogP contribution in [0.25, 0.3) is 11.0 Å². The molecule has 1 aromatic heterocycles. The molecule has 0 saturated heterocycles. The monoisotopic (exact) mass is 375 g/mol. The van der Waals surface area contributed by atoms with Gasteiger partial charge in [-0.1, -0.05) is 21.8 Å². The number of amides is 1. The lowest BCUT2D eigenvalue weighted by atomic mass is 10.1. The van der Waals surface area contributed by atoms with Crippen LogP contribution in [0.1, 0.15) is 5.69 Å². The molecule has 3 rings (SSSR count). The number of anilines is 1. The molecule has 0 radical (unpaired) electrons. The van der Waals surface area contributed by atoms with Gasteiger partial charge in [0, 0.05) is 18.1 Å². The molecule has 1 amide bonds. The lowest BCUT2D eigenvalue weighted by Gasteiger charge is -2.14. The third-order valence-corrected chi connectivity index (χ3v) is 5.51. The zero-order valence-corrected chi connectivity index (χ0v) is 15.0. The molecule has 3 aromatic rings. The molecule has 0 aliphatic rings. The van der Waals surface area contributed by atoms with E-state index in [2.05, 4.69) is 10.5 Å². The van der Waals surface area contributed by atoms with Gasteiger partial charge < -0.3 is 9.84 Å². The zero-order chi connectivity index (χ0) is 18.7. The molecule has 8 nitrogen and oxygen atoms in total. The van der Waals surface area contributed by atoms with Crippen LogP contribution in [0.5, 0.6) is 0 Å². The number of fused-ring (bicyclic) bond motifs is 1. The van der Waals surface area contributed by atoms with E-state index in [-0.39, 0.29) is 17.2 Å². The van der Waals surface area contributed by atoms with E-state index in [1.54, 1.807) is 6.07 Å². The second-order valence-electron chi connectivity index (χ2n) is 5.47. The predicted molar refractivity (Wildman–Crippen MR) is 94.7 cm³/mol. The van der Waals surface area contributed by atoms with E-state index in [9.17, 15) is 13.2 Å². The number of para-hydroxylation sites is 1. The van der Waals surface area contributed by atoms with Crippen molar-refractivity contribution in [1.29, 1.82) is 0 Å². The van der Waals surface area contributed by atoms with Gasteiger partial charge in [-0.05, 0) is 36.4 Å². The fourth-order valence-corrected chi connectivity index (χ4v) is 3.35. The van der Waals surface area contributed by atoms with Crippen molar-refractivity contribution >= 4 is 32.6 Å². The van der Waals surface area contributed by atoms with Crippen molar-refractivity contribution in [1.82, 2.24) is 9.63 Å². The van der Waals surface area contributed by atoms with Crippen LogP contribution in [0.4, 0.5) is 5.69 Å². The number of hydroxylamine groups is 1. The quantitative estimate of drug-likeness (QED) is 0.663. The molecule has 9 heteroatoms. The van der Waals surface area contributed by atoms with Crippen LogP contribution >= 0.6 is 0 Å². The fourth-order valence-electron chi connectivity index (χ4n) is 2.38. The molecule has 0 unspecified atom stereocenters. The largest absolute Gasteiger partial charge is 0.356 e. The molecule has 0 aliphatic heterocycles. The van der Waals surface area contributed by atoms with Crippen LogP contribution < -0.4 is 5.32 Å². The summed E-state index contributed by atoms with van der Waals surface area (Å²) in [7, 11) is -1.16. The van der Waals surface area contributed by atoms with E-state index in [4.69, 9.17) is 9.36 Å². The minimum absolute atomic E-state index is 0.0451. The molecule has 0 aliphatic carbocycles. The Kier molecular flexibility index (Phi) is 5.03. The van der Waals surface area contributed by atoms with Gasteiger partial charge in [-0.25, -0.2) is 8.42 Å². The zero-order valence-electron chi connectivity index (χ0n) is 14.2. The van der Waals surface area contributed by atoms with Crippen molar-refractivity contribution in [3.8, 4) is 0 Å². The minimum Gasteiger partial charge on any atom is -0.356 e. The highest BCUT2D eigenvalue weighted by Gasteiger charge is 2.20. The molecule has 0 atom stereocenters. The first-order valence-electron chi connectivity index (χ1n) is 7.68. The third-order valence-electron chi connectivity index (χ3n) is 3.81. The molecular weight excluding hydrogens is 358 g/mol. The fraction of sp³-hybridized carbons (Fsp3) is 0.176. The van der Waals surface area contributed by atoms with E-state index < -0.39 is 10.0 Å². The molecule has 0 fully saturated rings. The van der Waals surface area contributed by atoms with Gasteiger partial charge in [-0.3, -0.25) is 9.63 Å². The number of nitrogens with one attached hydrogen (secondary N) is 1. The first kappa shape index (κ1) is 18.1. The SMILES string of the molecule is CON(C)S(=O)(=O)c1ccc(NC(=O)Cc2noc3ccccc23)cc1. The standard InChI is InChI=1S/C17H17N3O5S/c1-20(24-2)26(22,23)13-9-7-12(8-10-13)18-17(21)11-15-14-5-3-4-6-16(14)25-19-15/h3-10H,11H2,1-2H3,(H,18,21). The number of nitrogens with zero attached hydrogens (tertiary/aromatic N) is 2. The van der Waals surface area contributed by atoms with Crippen LogP contribution in [-0.4, -0.2) is 38.1 Å². The van der Waals surface area contributed by atoms with Crippen LogP contribution in [0.15, 0.2) is 57.9 Å².